The van der Waals surface area contributed by atoms with E-state index in [1.165, 1.54) is 10.5 Å². The van der Waals surface area contributed by atoms with Gasteiger partial charge < -0.3 is 9.64 Å². The molecule has 1 aromatic heterocycles. The summed E-state index contributed by atoms with van der Waals surface area (Å²) in [4.78, 5) is 25.8. The molecular weight excluding hydrogens is 318 g/mol. The van der Waals surface area contributed by atoms with Crippen LogP contribution in [-0.4, -0.2) is 46.8 Å². The van der Waals surface area contributed by atoms with Gasteiger partial charge in [0, 0.05) is 14.1 Å². The van der Waals surface area contributed by atoms with Gasteiger partial charge in [-0.3, -0.25) is 9.48 Å². The number of likely N-dealkylation sites (N-methyl/N-ethyl adjacent to an activating group) is 1. The molecule has 0 radical (unpaired) electrons. The van der Waals surface area contributed by atoms with Crippen LogP contribution in [-0.2, 0) is 16.1 Å². The molecule has 6 nitrogen and oxygen atoms in total. The zero-order valence-electron chi connectivity index (χ0n) is 15.7. The first-order chi connectivity index (χ1) is 11.7. The summed E-state index contributed by atoms with van der Waals surface area (Å²) in [6.07, 6.45) is -0.832. The normalized spacial score (nSPS) is 11.9. The zero-order chi connectivity index (χ0) is 18.7. The fourth-order valence-corrected chi connectivity index (χ4v) is 2.65. The van der Waals surface area contributed by atoms with Gasteiger partial charge in [0.1, 0.15) is 5.56 Å². The van der Waals surface area contributed by atoms with Crippen molar-refractivity contribution in [2.75, 3.05) is 14.1 Å². The maximum absolute atomic E-state index is 12.5. The van der Waals surface area contributed by atoms with Crippen LogP contribution in [0.1, 0.15) is 39.8 Å². The molecule has 1 aromatic carbocycles. The fraction of sp³-hybridized carbons (Fsp3) is 0.421. The van der Waals surface area contributed by atoms with E-state index in [2.05, 4.69) is 5.10 Å². The third kappa shape index (κ3) is 4.26. The van der Waals surface area contributed by atoms with Gasteiger partial charge in [-0.05, 0) is 33.3 Å². The summed E-state index contributed by atoms with van der Waals surface area (Å²) in [5.41, 5.74) is 4.05. The lowest BCUT2D eigenvalue weighted by atomic mass is 10.1. The molecule has 6 heteroatoms. The predicted octanol–water partition coefficient (Wildman–Crippen LogP) is 2.49. The molecule has 2 aromatic rings. The van der Waals surface area contributed by atoms with Crippen LogP contribution in [0.15, 0.2) is 24.3 Å². The van der Waals surface area contributed by atoms with Gasteiger partial charge in [-0.15, -0.1) is 0 Å². The first kappa shape index (κ1) is 18.7. The number of esters is 1. The number of nitrogens with zero attached hydrogens (tertiary/aromatic N) is 3. The standard InChI is InChI=1S/C19H25N3O3/c1-12-7-9-16(10-8-12)11-22-14(3)17(13(2)20-22)19(24)25-15(4)18(23)21(5)6/h7-10,15H,11H2,1-6H3/t15-/m1/s1. The Hall–Kier alpha value is -2.63. The number of aryl methyl sites for hydroxylation is 2. The smallest absolute Gasteiger partial charge is 0.342 e. The Labute approximate surface area is 148 Å². The molecule has 1 atom stereocenters. The van der Waals surface area contributed by atoms with E-state index < -0.39 is 12.1 Å². The van der Waals surface area contributed by atoms with Crippen LogP contribution in [0.25, 0.3) is 0 Å². The summed E-state index contributed by atoms with van der Waals surface area (Å²) in [6, 6.07) is 8.18. The van der Waals surface area contributed by atoms with Crippen molar-refractivity contribution in [2.24, 2.45) is 0 Å². The van der Waals surface area contributed by atoms with E-state index >= 15 is 0 Å². The molecule has 134 valence electrons. The van der Waals surface area contributed by atoms with E-state index in [4.69, 9.17) is 4.74 Å². The minimum Gasteiger partial charge on any atom is -0.449 e. The van der Waals surface area contributed by atoms with Crippen LogP contribution in [0, 0.1) is 20.8 Å². The van der Waals surface area contributed by atoms with Crippen molar-refractivity contribution in [3.8, 4) is 0 Å². The van der Waals surface area contributed by atoms with Crippen molar-refractivity contribution in [2.45, 2.75) is 40.3 Å². The molecule has 0 saturated carbocycles. The Bertz CT molecular complexity index is 776. The number of hydrogen-bond donors (Lipinski definition) is 0. The SMILES string of the molecule is Cc1ccc(Cn2nc(C)c(C(=O)O[C@H](C)C(=O)N(C)C)c2C)cc1. The number of amides is 1. The van der Waals surface area contributed by atoms with Gasteiger partial charge in [-0.2, -0.15) is 5.10 Å². The third-order valence-electron chi connectivity index (χ3n) is 4.11. The van der Waals surface area contributed by atoms with Crippen LogP contribution in [0.2, 0.25) is 0 Å². The highest BCUT2D eigenvalue weighted by atomic mass is 16.5. The van der Waals surface area contributed by atoms with Crippen LogP contribution in [0.4, 0.5) is 0 Å². The molecule has 1 heterocycles. The number of ether oxygens (including phenoxy) is 1. The molecular formula is C19H25N3O3. The molecule has 0 unspecified atom stereocenters. The average Bonchev–Trinajstić information content (AvgIpc) is 2.82. The number of rotatable bonds is 5. The molecule has 0 spiro atoms. The predicted molar refractivity (Wildman–Crippen MR) is 95.6 cm³/mol. The van der Waals surface area contributed by atoms with E-state index in [1.54, 1.807) is 32.6 Å². The van der Waals surface area contributed by atoms with Crippen molar-refractivity contribution in [3.63, 3.8) is 0 Å². The van der Waals surface area contributed by atoms with Gasteiger partial charge >= 0.3 is 5.97 Å². The Morgan fingerprint density at radius 1 is 1.16 bits per heavy atom. The molecule has 0 N–H and O–H groups in total. The number of benzene rings is 1. The van der Waals surface area contributed by atoms with Crippen LogP contribution in [0.5, 0.6) is 0 Å². The Morgan fingerprint density at radius 3 is 2.32 bits per heavy atom. The Balaban J connectivity index is 2.19. The van der Waals surface area contributed by atoms with Crippen molar-refractivity contribution in [1.29, 1.82) is 0 Å². The topological polar surface area (TPSA) is 64.4 Å². The van der Waals surface area contributed by atoms with Gasteiger partial charge in [0.05, 0.1) is 17.9 Å². The monoisotopic (exact) mass is 343 g/mol. The van der Waals surface area contributed by atoms with Gasteiger partial charge in [0.2, 0.25) is 0 Å². The quantitative estimate of drug-likeness (QED) is 0.783. The van der Waals surface area contributed by atoms with Gasteiger partial charge in [0.25, 0.3) is 5.91 Å². The maximum Gasteiger partial charge on any atom is 0.342 e. The number of hydrogen-bond acceptors (Lipinski definition) is 4. The van der Waals surface area contributed by atoms with Gasteiger partial charge in [-0.25, -0.2) is 4.79 Å². The first-order valence-corrected chi connectivity index (χ1v) is 8.22. The van der Waals surface area contributed by atoms with Crippen LogP contribution < -0.4 is 0 Å². The van der Waals surface area contributed by atoms with Crippen LogP contribution >= 0.6 is 0 Å². The lowest BCUT2D eigenvalue weighted by Crippen LogP contribution is -2.35. The molecule has 1 amide bonds. The van der Waals surface area contributed by atoms with Crippen molar-refractivity contribution >= 4 is 11.9 Å². The number of carbonyl (C=O) groups is 2. The second kappa shape index (κ2) is 7.51. The van der Waals surface area contributed by atoms with Crippen LogP contribution in [0.3, 0.4) is 0 Å². The van der Waals surface area contributed by atoms with Crippen molar-refractivity contribution in [1.82, 2.24) is 14.7 Å². The Morgan fingerprint density at radius 2 is 1.76 bits per heavy atom. The fourth-order valence-electron chi connectivity index (χ4n) is 2.65. The summed E-state index contributed by atoms with van der Waals surface area (Å²) in [6.45, 7) is 7.79. The van der Waals surface area contributed by atoms with E-state index in [1.807, 2.05) is 38.1 Å². The zero-order valence-corrected chi connectivity index (χ0v) is 15.7. The first-order valence-electron chi connectivity index (χ1n) is 8.22. The molecule has 0 aliphatic heterocycles. The van der Waals surface area contributed by atoms with E-state index in [0.717, 1.165) is 11.3 Å². The minimum absolute atomic E-state index is 0.254. The molecule has 0 aliphatic carbocycles. The number of aromatic nitrogens is 2. The highest BCUT2D eigenvalue weighted by Gasteiger charge is 2.25. The lowest BCUT2D eigenvalue weighted by molar-refractivity contribution is -0.137. The largest absolute Gasteiger partial charge is 0.449 e. The summed E-state index contributed by atoms with van der Waals surface area (Å²) < 4.78 is 7.10. The third-order valence-corrected chi connectivity index (χ3v) is 4.11. The number of carbonyl (C=O) groups excluding carboxylic acids is 2. The summed E-state index contributed by atoms with van der Waals surface area (Å²) in [5.74, 6) is -0.774. The maximum atomic E-state index is 12.5. The molecule has 0 bridgehead atoms. The molecule has 25 heavy (non-hydrogen) atoms. The Kier molecular flexibility index (Phi) is 5.62. The van der Waals surface area contributed by atoms with E-state index in [-0.39, 0.29) is 5.91 Å². The molecule has 0 saturated heterocycles. The minimum atomic E-state index is -0.832. The van der Waals surface area contributed by atoms with Crippen molar-refractivity contribution in [3.05, 3.63) is 52.3 Å². The second-order valence-corrected chi connectivity index (χ2v) is 6.47. The lowest BCUT2D eigenvalue weighted by Gasteiger charge is -2.17. The molecule has 0 fully saturated rings. The van der Waals surface area contributed by atoms with E-state index in [9.17, 15) is 9.59 Å². The summed E-state index contributed by atoms with van der Waals surface area (Å²) >= 11 is 0. The summed E-state index contributed by atoms with van der Waals surface area (Å²) in [5, 5.41) is 4.46. The second-order valence-electron chi connectivity index (χ2n) is 6.47. The van der Waals surface area contributed by atoms with Crippen molar-refractivity contribution < 1.29 is 14.3 Å². The van der Waals surface area contributed by atoms with Gasteiger partial charge in [-0.1, -0.05) is 29.8 Å². The highest BCUT2D eigenvalue weighted by molar-refractivity contribution is 5.94. The molecule has 0 aliphatic rings. The molecule has 2 rings (SSSR count). The van der Waals surface area contributed by atoms with Gasteiger partial charge in [0.15, 0.2) is 6.10 Å². The average molecular weight is 343 g/mol. The van der Waals surface area contributed by atoms with E-state index in [0.29, 0.717) is 17.8 Å². The highest BCUT2D eigenvalue weighted by Crippen LogP contribution is 2.17. The summed E-state index contributed by atoms with van der Waals surface area (Å²) in [7, 11) is 3.26.